The number of nitrogens with zero attached hydrogens (tertiary/aromatic N) is 2. The molecule has 3 rings (SSSR count). The largest absolute Gasteiger partial charge is 0.481 e. The van der Waals surface area contributed by atoms with Crippen molar-refractivity contribution in [3.05, 3.63) is 0 Å². The molecule has 0 spiro atoms. The Bertz CT molecular complexity index is 478. The van der Waals surface area contributed by atoms with Gasteiger partial charge in [0.05, 0.1) is 5.92 Å². The van der Waals surface area contributed by atoms with Crippen LogP contribution in [0.5, 0.6) is 0 Å². The van der Waals surface area contributed by atoms with Crippen molar-refractivity contribution in [2.75, 3.05) is 19.6 Å². The standard InChI is InChI=1S/C12H20N2O4S/c15-12(16)10-2-1-5-13(8-10)19(17,18)14-7-9-3-4-11(14)6-9/h9-11H,1-8H2,(H,15,16). The molecule has 1 N–H and O–H groups in total. The average Bonchev–Trinajstić information content (AvgIpc) is 3.01. The smallest absolute Gasteiger partial charge is 0.307 e. The van der Waals surface area contributed by atoms with E-state index in [2.05, 4.69) is 0 Å². The molecule has 3 fully saturated rings. The van der Waals surface area contributed by atoms with Crippen LogP contribution in [-0.2, 0) is 15.0 Å². The number of carbonyl (C=O) groups is 1. The van der Waals surface area contributed by atoms with Gasteiger partial charge in [0, 0.05) is 25.7 Å². The molecule has 0 aromatic carbocycles. The van der Waals surface area contributed by atoms with Crippen LogP contribution in [-0.4, -0.2) is 53.8 Å². The maximum atomic E-state index is 12.6. The molecule has 2 heterocycles. The van der Waals surface area contributed by atoms with E-state index in [1.54, 1.807) is 4.31 Å². The third kappa shape index (κ3) is 2.28. The molecule has 2 aliphatic heterocycles. The quantitative estimate of drug-likeness (QED) is 0.821. The number of fused-ring (bicyclic) bond motifs is 2. The topological polar surface area (TPSA) is 77.9 Å². The Morgan fingerprint density at radius 1 is 1.16 bits per heavy atom. The number of piperidine rings is 2. The lowest BCUT2D eigenvalue weighted by molar-refractivity contribution is -0.142. The minimum absolute atomic E-state index is 0.131. The van der Waals surface area contributed by atoms with Gasteiger partial charge in [-0.05, 0) is 38.0 Å². The molecule has 0 radical (unpaired) electrons. The molecule has 1 saturated carbocycles. The minimum Gasteiger partial charge on any atom is -0.481 e. The SMILES string of the molecule is O=C(O)C1CCCN(S(=O)(=O)N2CC3CCC2C3)C1. The summed E-state index contributed by atoms with van der Waals surface area (Å²) in [5.74, 6) is -0.925. The maximum Gasteiger partial charge on any atom is 0.307 e. The predicted octanol–water partition coefficient (Wildman–Crippen LogP) is 0.512. The number of hydrogen-bond donors (Lipinski definition) is 1. The molecular weight excluding hydrogens is 268 g/mol. The highest BCUT2D eigenvalue weighted by Gasteiger charge is 2.46. The zero-order chi connectivity index (χ0) is 13.6. The number of hydrogen-bond acceptors (Lipinski definition) is 3. The van der Waals surface area contributed by atoms with Crippen LogP contribution >= 0.6 is 0 Å². The van der Waals surface area contributed by atoms with E-state index in [0.29, 0.717) is 31.8 Å². The normalized spacial score (nSPS) is 36.7. The highest BCUT2D eigenvalue weighted by atomic mass is 32.2. The third-order valence-corrected chi connectivity index (χ3v) is 6.74. The van der Waals surface area contributed by atoms with Crippen molar-refractivity contribution in [3.63, 3.8) is 0 Å². The van der Waals surface area contributed by atoms with Gasteiger partial charge >= 0.3 is 5.97 Å². The molecule has 3 unspecified atom stereocenters. The van der Waals surface area contributed by atoms with Crippen LogP contribution in [0.1, 0.15) is 32.1 Å². The summed E-state index contributed by atoms with van der Waals surface area (Å²) < 4.78 is 28.2. The first-order valence-corrected chi connectivity index (χ1v) is 8.38. The maximum absolute atomic E-state index is 12.6. The van der Waals surface area contributed by atoms with Crippen LogP contribution in [0.2, 0.25) is 0 Å². The van der Waals surface area contributed by atoms with E-state index in [1.807, 2.05) is 0 Å². The second-order valence-electron chi connectivity index (χ2n) is 5.95. The van der Waals surface area contributed by atoms with E-state index in [0.717, 1.165) is 19.3 Å². The van der Waals surface area contributed by atoms with Gasteiger partial charge in [-0.2, -0.15) is 17.0 Å². The summed E-state index contributed by atoms with van der Waals surface area (Å²) in [5.41, 5.74) is 0. The lowest BCUT2D eigenvalue weighted by Gasteiger charge is -2.35. The van der Waals surface area contributed by atoms with E-state index in [4.69, 9.17) is 5.11 Å². The molecule has 0 aromatic heterocycles. The highest BCUT2D eigenvalue weighted by molar-refractivity contribution is 7.86. The molecule has 3 aliphatic rings. The zero-order valence-corrected chi connectivity index (χ0v) is 11.7. The molecule has 0 aromatic rings. The van der Waals surface area contributed by atoms with Gasteiger partial charge in [0.1, 0.15) is 0 Å². The number of aliphatic carboxylic acids is 1. The zero-order valence-electron chi connectivity index (χ0n) is 10.9. The Balaban J connectivity index is 1.75. The van der Waals surface area contributed by atoms with Crippen LogP contribution in [0.3, 0.4) is 0 Å². The Morgan fingerprint density at radius 2 is 1.95 bits per heavy atom. The van der Waals surface area contributed by atoms with Crippen LogP contribution in [0.15, 0.2) is 0 Å². The molecule has 1 aliphatic carbocycles. The Labute approximate surface area is 113 Å². The molecule has 2 bridgehead atoms. The number of rotatable bonds is 3. The summed E-state index contributed by atoms with van der Waals surface area (Å²) in [6.07, 6.45) is 4.29. The Morgan fingerprint density at radius 3 is 2.53 bits per heavy atom. The summed E-state index contributed by atoms with van der Waals surface area (Å²) in [5, 5.41) is 9.06. The monoisotopic (exact) mass is 288 g/mol. The first kappa shape index (κ1) is 13.3. The summed E-state index contributed by atoms with van der Waals surface area (Å²) in [6.45, 7) is 1.22. The van der Waals surface area contributed by atoms with Crippen LogP contribution in [0.25, 0.3) is 0 Å². The van der Waals surface area contributed by atoms with E-state index < -0.39 is 22.1 Å². The van der Waals surface area contributed by atoms with Gasteiger partial charge in [-0.3, -0.25) is 4.79 Å². The lowest BCUT2D eigenvalue weighted by Crippen LogP contribution is -2.51. The predicted molar refractivity (Wildman–Crippen MR) is 68.7 cm³/mol. The van der Waals surface area contributed by atoms with E-state index in [-0.39, 0.29) is 12.6 Å². The third-order valence-electron chi connectivity index (χ3n) is 4.71. The molecular formula is C12H20N2O4S. The lowest BCUT2D eigenvalue weighted by atomic mass is 10.0. The van der Waals surface area contributed by atoms with Crippen molar-refractivity contribution in [2.24, 2.45) is 11.8 Å². The summed E-state index contributed by atoms with van der Waals surface area (Å²) in [4.78, 5) is 11.0. The van der Waals surface area contributed by atoms with Crippen molar-refractivity contribution in [1.29, 1.82) is 0 Å². The molecule has 0 amide bonds. The molecule has 19 heavy (non-hydrogen) atoms. The van der Waals surface area contributed by atoms with E-state index in [1.165, 1.54) is 4.31 Å². The number of carboxylic acid groups (broad SMARTS) is 1. The Kier molecular flexibility index (Phi) is 3.31. The minimum atomic E-state index is -3.46. The van der Waals surface area contributed by atoms with Crippen molar-refractivity contribution in [3.8, 4) is 0 Å². The second kappa shape index (κ2) is 4.71. The Hall–Kier alpha value is -0.660. The first-order chi connectivity index (χ1) is 8.98. The number of carboxylic acids is 1. The van der Waals surface area contributed by atoms with Gasteiger partial charge in [0.25, 0.3) is 10.2 Å². The van der Waals surface area contributed by atoms with E-state index >= 15 is 0 Å². The fourth-order valence-electron chi connectivity index (χ4n) is 3.66. The fraction of sp³-hybridized carbons (Fsp3) is 0.917. The van der Waals surface area contributed by atoms with Gasteiger partial charge in [-0.1, -0.05) is 0 Å². The van der Waals surface area contributed by atoms with Gasteiger partial charge in [-0.25, -0.2) is 0 Å². The van der Waals surface area contributed by atoms with Crippen LogP contribution in [0, 0.1) is 11.8 Å². The van der Waals surface area contributed by atoms with Crippen LogP contribution < -0.4 is 0 Å². The van der Waals surface area contributed by atoms with Crippen molar-refractivity contribution >= 4 is 16.2 Å². The second-order valence-corrected chi connectivity index (χ2v) is 7.83. The molecule has 108 valence electrons. The molecule has 6 nitrogen and oxygen atoms in total. The molecule has 3 atom stereocenters. The van der Waals surface area contributed by atoms with Gasteiger partial charge < -0.3 is 5.11 Å². The molecule has 7 heteroatoms. The average molecular weight is 288 g/mol. The summed E-state index contributed by atoms with van der Waals surface area (Å²) in [6, 6.07) is 0.153. The van der Waals surface area contributed by atoms with Crippen molar-refractivity contribution in [2.45, 2.75) is 38.1 Å². The van der Waals surface area contributed by atoms with Gasteiger partial charge in [-0.15, -0.1) is 0 Å². The fourth-order valence-corrected chi connectivity index (χ4v) is 5.66. The highest BCUT2D eigenvalue weighted by Crippen LogP contribution is 2.40. The summed E-state index contributed by atoms with van der Waals surface area (Å²) in [7, 11) is -3.46. The molecule has 2 saturated heterocycles. The van der Waals surface area contributed by atoms with Gasteiger partial charge in [0.15, 0.2) is 0 Å². The van der Waals surface area contributed by atoms with Crippen molar-refractivity contribution in [1.82, 2.24) is 8.61 Å². The summed E-state index contributed by atoms with van der Waals surface area (Å²) >= 11 is 0. The first-order valence-electron chi connectivity index (χ1n) is 6.98. The van der Waals surface area contributed by atoms with Gasteiger partial charge in [0.2, 0.25) is 0 Å². The van der Waals surface area contributed by atoms with Crippen molar-refractivity contribution < 1.29 is 18.3 Å². The van der Waals surface area contributed by atoms with Crippen LogP contribution in [0.4, 0.5) is 0 Å². The van der Waals surface area contributed by atoms with E-state index in [9.17, 15) is 13.2 Å².